The Labute approximate surface area is 222 Å². The molecule has 0 aliphatic rings. The van der Waals surface area contributed by atoms with Gasteiger partial charge in [-0.05, 0) is 83.4 Å². The molecule has 3 aromatic carbocycles. The third-order valence-corrected chi connectivity index (χ3v) is 5.52. The monoisotopic (exact) mass is 565 g/mol. The first kappa shape index (κ1) is 27.2. The fourth-order valence-corrected chi connectivity index (χ4v) is 3.88. The van der Waals surface area contributed by atoms with Gasteiger partial charge in [-0.1, -0.05) is 12.1 Å². The van der Waals surface area contributed by atoms with Gasteiger partial charge in [-0.3, -0.25) is 14.9 Å². The molecular weight excluding hydrogens is 542 g/mol. The van der Waals surface area contributed by atoms with E-state index in [4.69, 9.17) is 14.2 Å². The molecule has 3 aromatic rings. The Morgan fingerprint density at radius 3 is 2.46 bits per heavy atom. The second-order valence-corrected chi connectivity index (χ2v) is 8.41. The Bertz CT molecular complexity index is 1350. The highest BCUT2D eigenvalue weighted by atomic mass is 79.9. The van der Waals surface area contributed by atoms with Gasteiger partial charge in [0.05, 0.1) is 22.6 Å². The van der Waals surface area contributed by atoms with Crippen LogP contribution in [-0.2, 0) is 11.4 Å². The number of ether oxygens (including phenoxy) is 3. The quantitative estimate of drug-likeness (QED) is 0.125. The van der Waals surface area contributed by atoms with Crippen LogP contribution < -0.4 is 19.5 Å². The second-order valence-electron chi connectivity index (χ2n) is 7.56. The Hall–Kier alpha value is -4.36. The van der Waals surface area contributed by atoms with Crippen molar-refractivity contribution in [2.45, 2.75) is 20.5 Å². The van der Waals surface area contributed by atoms with Crippen LogP contribution in [0.3, 0.4) is 0 Å². The van der Waals surface area contributed by atoms with Gasteiger partial charge in [-0.2, -0.15) is 5.26 Å². The van der Waals surface area contributed by atoms with Crippen molar-refractivity contribution < 1.29 is 23.9 Å². The molecule has 0 aromatic heterocycles. The Balaban J connectivity index is 1.81. The fourth-order valence-electron chi connectivity index (χ4n) is 3.30. The van der Waals surface area contributed by atoms with E-state index in [0.29, 0.717) is 51.7 Å². The van der Waals surface area contributed by atoms with Crippen molar-refractivity contribution in [2.24, 2.45) is 0 Å². The molecule has 0 saturated carbocycles. The van der Waals surface area contributed by atoms with Crippen molar-refractivity contribution in [3.63, 3.8) is 0 Å². The van der Waals surface area contributed by atoms with Crippen LogP contribution in [0, 0.1) is 21.4 Å². The number of anilines is 1. The first-order valence-electron chi connectivity index (χ1n) is 11.3. The molecule has 1 amide bonds. The lowest BCUT2D eigenvalue weighted by Gasteiger charge is -2.15. The smallest absolute Gasteiger partial charge is 0.269 e. The van der Waals surface area contributed by atoms with E-state index in [-0.39, 0.29) is 17.9 Å². The number of amides is 1. The molecule has 0 fully saturated rings. The van der Waals surface area contributed by atoms with Crippen molar-refractivity contribution in [3.05, 3.63) is 92.0 Å². The summed E-state index contributed by atoms with van der Waals surface area (Å²) in [5, 5.41) is 23.3. The number of rotatable bonds is 11. The Morgan fingerprint density at radius 1 is 1.08 bits per heavy atom. The molecule has 1 N–H and O–H groups in total. The van der Waals surface area contributed by atoms with E-state index in [0.717, 1.165) is 0 Å². The summed E-state index contributed by atoms with van der Waals surface area (Å²) in [4.78, 5) is 23.3. The summed E-state index contributed by atoms with van der Waals surface area (Å²) in [6, 6.07) is 18.3. The maximum absolute atomic E-state index is 12.7. The molecule has 0 aliphatic heterocycles. The van der Waals surface area contributed by atoms with Crippen LogP contribution in [0.25, 0.3) is 6.08 Å². The van der Waals surface area contributed by atoms with Crippen molar-refractivity contribution in [1.29, 1.82) is 5.26 Å². The zero-order chi connectivity index (χ0) is 26.8. The highest BCUT2D eigenvalue weighted by Crippen LogP contribution is 2.38. The van der Waals surface area contributed by atoms with E-state index >= 15 is 0 Å². The van der Waals surface area contributed by atoms with Crippen molar-refractivity contribution >= 4 is 39.3 Å². The molecule has 0 atom stereocenters. The first-order chi connectivity index (χ1) is 17.8. The SMILES string of the molecule is CCOc1ccc(NC(=O)/C(C#N)=C/c2cc(Br)c(OCc3cccc([N+](=O)[O-])c3)c(OCC)c2)cc1. The number of nitrogens with one attached hydrogen (secondary N) is 1. The number of hydrogen-bond acceptors (Lipinski definition) is 7. The molecule has 0 unspecified atom stereocenters. The number of benzene rings is 3. The summed E-state index contributed by atoms with van der Waals surface area (Å²) in [6.45, 7) is 4.64. The number of nitrogens with zero attached hydrogens (tertiary/aromatic N) is 2. The van der Waals surface area contributed by atoms with Gasteiger partial charge in [0.25, 0.3) is 11.6 Å². The summed E-state index contributed by atoms with van der Waals surface area (Å²) in [6.07, 6.45) is 1.45. The highest BCUT2D eigenvalue weighted by Gasteiger charge is 2.15. The summed E-state index contributed by atoms with van der Waals surface area (Å²) in [7, 11) is 0. The van der Waals surface area contributed by atoms with Crippen LogP contribution in [0.4, 0.5) is 11.4 Å². The Morgan fingerprint density at radius 2 is 1.81 bits per heavy atom. The maximum atomic E-state index is 12.7. The van der Waals surface area contributed by atoms with E-state index < -0.39 is 10.8 Å². The summed E-state index contributed by atoms with van der Waals surface area (Å²) in [5.74, 6) is 0.894. The minimum Gasteiger partial charge on any atom is -0.494 e. The van der Waals surface area contributed by atoms with Crippen LogP contribution in [0.5, 0.6) is 17.2 Å². The third kappa shape index (κ3) is 7.56. The molecule has 37 heavy (non-hydrogen) atoms. The maximum Gasteiger partial charge on any atom is 0.269 e. The van der Waals surface area contributed by atoms with Crippen molar-refractivity contribution in [3.8, 4) is 23.3 Å². The molecule has 0 aliphatic carbocycles. The largest absolute Gasteiger partial charge is 0.494 e. The standard InChI is InChI=1S/C27H24BrN3O6/c1-3-35-23-10-8-21(9-11-23)30-27(32)20(16-29)12-19-14-24(28)26(25(15-19)36-4-2)37-17-18-6-5-7-22(13-18)31(33)34/h5-15H,3-4,17H2,1-2H3,(H,30,32)/b20-12+. The minimum absolute atomic E-state index is 0.0294. The summed E-state index contributed by atoms with van der Waals surface area (Å²) >= 11 is 3.46. The highest BCUT2D eigenvalue weighted by molar-refractivity contribution is 9.10. The second kappa shape index (κ2) is 13.1. The average molecular weight is 566 g/mol. The lowest BCUT2D eigenvalue weighted by molar-refractivity contribution is -0.384. The molecule has 0 radical (unpaired) electrons. The van der Waals surface area contributed by atoms with Crippen LogP contribution in [0.1, 0.15) is 25.0 Å². The molecule has 10 heteroatoms. The molecule has 9 nitrogen and oxygen atoms in total. The van der Waals surface area contributed by atoms with Gasteiger partial charge in [-0.15, -0.1) is 0 Å². The van der Waals surface area contributed by atoms with E-state index in [2.05, 4.69) is 21.2 Å². The first-order valence-corrected chi connectivity index (χ1v) is 12.1. The number of nitro benzene ring substituents is 1. The fraction of sp³-hybridized carbons (Fsp3) is 0.185. The number of nitriles is 1. The number of carbonyl (C=O) groups excluding carboxylic acids is 1. The molecule has 3 rings (SSSR count). The predicted molar refractivity (Wildman–Crippen MR) is 143 cm³/mol. The number of nitro groups is 1. The van der Waals surface area contributed by atoms with E-state index in [1.54, 1.807) is 48.5 Å². The minimum atomic E-state index is -0.563. The van der Waals surface area contributed by atoms with Gasteiger partial charge in [0.2, 0.25) is 0 Å². The zero-order valence-electron chi connectivity index (χ0n) is 20.2. The van der Waals surface area contributed by atoms with Crippen LogP contribution in [-0.4, -0.2) is 24.0 Å². The average Bonchev–Trinajstić information content (AvgIpc) is 2.88. The number of hydrogen-bond donors (Lipinski definition) is 1. The van der Waals surface area contributed by atoms with E-state index in [9.17, 15) is 20.2 Å². The van der Waals surface area contributed by atoms with E-state index in [1.807, 2.05) is 19.9 Å². The lowest BCUT2D eigenvalue weighted by Crippen LogP contribution is -2.13. The third-order valence-electron chi connectivity index (χ3n) is 4.94. The number of carbonyl (C=O) groups is 1. The van der Waals surface area contributed by atoms with Crippen molar-refractivity contribution in [2.75, 3.05) is 18.5 Å². The van der Waals surface area contributed by atoms with E-state index in [1.165, 1.54) is 18.2 Å². The van der Waals surface area contributed by atoms with Gasteiger partial charge in [-0.25, -0.2) is 0 Å². The topological polar surface area (TPSA) is 124 Å². The Kier molecular flexibility index (Phi) is 9.63. The number of halogens is 1. The summed E-state index contributed by atoms with van der Waals surface area (Å²) < 4.78 is 17.6. The van der Waals surface area contributed by atoms with Crippen molar-refractivity contribution in [1.82, 2.24) is 0 Å². The van der Waals surface area contributed by atoms with Crippen LogP contribution in [0.15, 0.2) is 70.7 Å². The van der Waals surface area contributed by atoms with Crippen LogP contribution >= 0.6 is 15.9 Å². The predicted octanol–water partition coefficient (Wildman–Crippen LogP) is 6.28. The van der Waals surface area contributed by atoms with Gasteiger partial charge in [0.1, 0.15) is 24.0 Å². The lowest BCUT2D eigenvalue weighted by atomic mass is 10.1. The molecule has 0 saturated heterocycles. The number of non-ortho nitro benzene ring substituents is 1. The van der Waals surface area contributed by atoms with Gasteiger partial charge < -0.3 is 19.5 Å². The van der Waals surface area contributed by atoms with Gasteiger partial charge in [0, 0.05) is 17.8 Å². The molecular formula is C27H24BrN3O6. The van der Waals surface area contributed by atoms with Crippen LogP contribution in [0.2, 0.25) is 0 Å². The summed E-state index contributed by atoms with van der Waals surface area (Å²) in [5.41, 5.74) is 1.55. The van der Waals surface area contributed by atoms with Gasteiger partial charge >= 0.3 is 0 Å². The normalized spacial score (nSPS) is 10.8. The molecule has 190 valence electrons. The molecule has 0 spiro atoms. The molecule has 0 bridgehead atoms. The molecule has 0 heterocycles. The zero-order valence-corrected chi connectivity index (χ0v) is 21.8. The van der Waals surface area contributed by atoms with Gasteiger partial charge in [0.15, 0.2) is 11.5 Å².